The first kappa shape index (κ1) is 22.4. The van der Waals surface area contributed by atoms with Gasteiger partial charge < -0.3 is 14.6 Å². The highest BCUT2D eigenvalue weighted by atomic mass is 16.7. The molecule has 170 valence electrons. The van der Waals surface area contributed by atoms with Crippen LogP contribution in [0.2, 0.25) is 0 Å². The average molecular weight is 448 g/mol. The van der Waals surface area contributed by atoms with Gasteiger partial charge in [0.15, 0.2) is 0 Å². The molecule has 0 amide bonds. The summed E-state index contributed by atoms with van der Waals surface area (Å²) >= 11 is 0. The summed E-state index contributed by atoms with van der Waals surface area (Å²) in [6.45, 7) is 8.24. The lowest BCUT2D eigenvalue weighted by Gasteiger charge is -2.32. The lowest BCUT2D eigenvalue weighted by Crippen LogP contribution is -2.41. The van der Waals surface area contributed by atoms with Crippen LogP contribution in [0.15, 0.2) is 91.0 Å². The Kier molecular flexibility index (Phi) is 5.55. The Hall–Kier alpha value is -3.41. The fourth-order valence-corrected chi connectivity index (χ4v) is 4.29. The smallest absolute Gasteiger partial charge is 0.399 e. The van der Waals surface area contributed by atoms with Crippen molar-refractivity contribution in [2.24, 2.45) is 0 Å². The molecule has 1 heterocycles. The van der Waals surface area contributed by atoms with E-state index in [4.69, 9.17) is 14.7 Å². The van der Waals surface area contributed by atoms with Crippen molar-refractivity contribution >= 4 is 40.4 Å². The maximum absolute atomic E-state index is 9.05. The van der Waals surface area contributed by atoms with Gasteiger partial charge in [-0.25, -0.2) is 0 Å². The van der Waals surface area contributed by atoms with Crippen LogP contribution >= 0.6 is 0 Å². The third kappa shape index (κ3) is 4.02. The number of benzene rings is 4. The van der Waals surface area contributed by atoms with Gasteiger partial charge in [-0.2, -0.15) is 0 Å². The van der Waals surface area contributed by atoms with Crippen LogP contribution < -0.4 is 10.8 Å². The van der Waals surface area contributed by atoms with E-state index in [2.05, 4.69) is 63.3 Å². The highest BCUT2D eigenvalue weighted by Crippen LogP contribution is 2.37. The second kappa shape index (κ2) is 8.42. The molecule has 4 nitrogen and oxygen atoms in total. The Balaban J connectivity index is 1.53. The summed E-state index contributed by atoms with van der Waals surface area (Å²) < 4.78 is 12.5. The Morgan fingerprint density at radius 3 is 2.18 bits per heavy atom. The zero-order valence-electron chi connectivity index (χ0n) is 20.1. The molecule has 0 unspecified atom stereocenters. The van der Waals surface area contributed by atoms with Crippen molar-refractivity contribution in [1.82, 2.24) is 0 Å². The zero-order valence-corrected chi connectivity index (χ0v) is 20.1. The van der Waals surface area contributed by atoms with Crippen molar-refractivity contribution in [2.45, 2.75) is 38.9 Å². The lowest BCUT2D eigenvalue weighted by molar-refractivity contribution is 0.00578. The van der Waals surface area contributed by atoms with E-state index in [1.807, 2.05) is 60.7 Å². The van der Waals surface area contributed by atoms with Crippen molar-refractivity contribution in [2.75, 3.05) is 5.32 Å². The second-order valence-corrected chi connectivity index (χ2v) is 9.79. The molecule has 5 heteroatoms. The van der Waals surface area contributed by atoms with Gasteiger partial charge in [0.05, 0.1) is 16.9 Å². The van der Waals surface area contributed by atoms with Crippen molar-refractivity contribution in [3.8, 4) is 0 Å². The predicted molar refractivity (Wildman–Crippen MR) is 142 cm³/mol. The maximum atomic E-state index is 9.05. The molecule has 1 aliphatic rings. The van der Waals surface area contributed by atoms with E-state index in [9.17, 15) is 0 Å². The summed E-state index contributed by atoms with van der Waals surface area (Å²) in [5.74, 6) is 0. The molecule has 0 spiro atoms. The van der Waals surface area contributed by atoms with E-state index in [1.54, 1.807) is 0 Å². The van der Waals surface area contributed by atoms with Gasteiger partial charge in [-0.15, -0.1) is 0 Å². The molecular weight excluding hydrogens is 419 g/mol. The molecule has 0 aromatic heterocycles. The largest absolute Gasteiger partial charge is 0.494 e. The normalized spacial score (nSPS) is 16.5. The number of nitrogens with one attached hydrogen (secondary N) is 2. The molecule has 1 fully saturated rings. The molecule has 1 saturated heterocycles. The van der Waals surface area contributed by atoms with Crippen LogP contribution in [0.3, 0.4) is 0 Å². The molecule has 0 radical (unpaired) electrons. The highest BCUT2D eigenvalue weighted by Gasteiger charge is 2.51. The fraction of sp³-hybridized carbons (Fsp3) is 0.207. The maximum Gasteiger partial charge on any atom is 0.494 e. The zero-order chi connectivity index (χ0) is 23.9. The standard InChI is InChI=1S/C29H29BN2O2/c1-28(2)29(3,4)34-30(33-28)22-14-10-15-23(19-22)32-25-18-17-20-11-8-9-16-24(20)26(25)27(31)21-12-6-5-7-13-21/h5-19,31-32H,1-4H3. The third-order valence-electron chi connectivity index (χ3n) is 6.93. The molecule has 5 rings (SSSR count). The van der Waals surface area contributed by atoms with Crippen molar-refractivity contribution in [3.63, 3.8) is 0 Å². The molecule has 0 bridgehead atoms. The first-order chi connectivity index (χ1) is 16.2. The number of hydrogen-bond donors (Lipinski definition) is 2. The summed E-state index contributed by atoms with van der Waals surface area (Å²) in [5, 5.41) is 14.8. The van der Waals surface area contributed by atoms with Crippen LogP contribution in [0.25, 0.3) is 10.8 Å². The second-order valence-electron chi connectivity index (χ2n) is 9.79. The van der Waals surface area contributed by atoms with Crippen LogP contribution in [0.4, 0.5) is 11.4 Å². The van der Waals surface area contributed by atoms with Crippen molar-refractivity contribution < 1.29 is 9.31 Å². The van der Waals surface area contributed by atoms with Crippen molar-refractivity contribution in [3.05, 3.63) is 102 Å². The minimum absolute atomic E-state index is 0.391. The molecule has 4 aromatic carbocycles. The summed E-state index contributed by atoms with van der Waals surface area (Å²) in [6, 6.07) is 30.3. The first-order valence-electron chi connectivity index (χ1n) is 11.6. The van der Waals surface area contributed by atoms with Gasteiger partial charge in [0.25, 0.3) is 0 Å². The number of hydrogen-bond acceptors (Lipinski definition) is 4. The van der Waals surface area contributed by atoms with Crippen LogP contribution in [0, 0.1) is 5.41 Å². The van der Waals surface area contributed by atoms with E-state index in [-0.39, 0.29) is 0 Å². The molecule has 4 aromatic rings. The first-order valence-corrected chi connectivity index (χ1v) is 11.6. The topological polar surface area (TPSA) is 54.3 Å². The Labute approximate surface area is 201 Å². The third-order valence-corrected chi connectivity index (χ3v) is 6.93. The van der Waals surface area contributed by atoms with E-state index in [0.29, 0.717) is 5.71 Å². The summed E-state index contributed by atoms with van der Waals surface area (Å²) in [6.07, 6.45) is 0. The Morgan fingerprint density at radius 1 is 0.765 bits per heavy atom. The summed E-state index contributed by atoms with van der Waals surface area (Å²) in [7, 11) is -0.426. The minimum atomic E-state index is -0.426. The monoisotopic (exact) mass is 448 g/mol. The minimum Gasteiger partial charge on any atom is -0.399 e. The molecular formula is C29H29BN2O2. The van der Waals surface area contributed by atoms with Gasteiger partial charge in [0.1, 0.15) is 0 Å². The summed E-state index contributed by atoms with van der Waals surface area (Å²) in [4.78, 5) is 0. The number of fused-ring (bicyclic) bond motifs is 1. The molecule has 0 saturated carbocycles. The van der Waals surface area contributed by atoms with Gasteiger partial charge in [-0.3, -0.25) is 5.41 Å². The average Bonchev–Trinajstić information content (AvgIpc) is 3.06. The van der Waals surface area contributed by atoms with Gasteiger partial charge in [-0.1, -0.05) is 72.8 Å². The Morgan fingerprint density at radius 2 is 1.44 bits per heavy atom. The van der Waals surface area contributed by atoms with Crippen LogP contribution in [-0.2, 0) is 9.31 Å². The molecule has 0 atom stereocenters. The number of rotatable bonds is 5. The van der Waals surface area contributed by atoms with Gasteiger partial charge in [0.2, 0.25) is 0 Å². The van der Waals surface area contributed by atoms with E-state index >= 15 is 0 Å². The van der Waals surface area contributed by atoms with Gasteiger partial charge >= 0.3 is 7.12 Å². The summed E-state index contributed by atoms with van der Waals surface area (Å²) in [5.41, 5.74) is 4.24. The fourth-order valence-electron chi connectivity index (χ4n) is 4.29. The van der Waals surface area contributed by atoms with E-state index < -0.39 is 18.3 Å². The van der Waals surface area contributed by atoms with Crippen molar-refractivity contribution in [1.29, 1.82) is 5.41 Å². The SMILES string of the molecule is CC1(C)OB(c2cccc(Nc3ccc4ccccc4c3C(=N)c3ccccc3)c2)OC1(C)C. The lowest BCUT2D eigenvalue weighted by atomic mass is 9.79. The predicted octanol–water partition coefficient (Wildman–Crippen LogP) is 6.30. The van der Waals surface area contributed by atoms with Gasteiger partial charge in [-0.05, 0) is 62.1 Å². The van der Waals surface area contributed by atoms with Crippen LogP contribution in [0.1, 0.15) is 38.8 Å². The van der Waals surface area contributed by atoms with Crippen LogP contribution in [-0.4, -0.2) is 24.0 Å². The van der Waals surface area contributed by atoms with E-state index in [1.165, 1.54) is 0 Å². The highest BCUT2D eigenvalue weighted by molar-refractivity contribution is 6.62. The van der Waals surface area contributed by atoms with Gasteiger partial charge in [0, 0.05) is 22.5 Å². The molecule has 34 heavy (non-hydrogen) atoms. The number of anilines is 2. The van der Waals surface area contributed by atoms with Crippen LogP contribution in [0.5, 0.6) is 0 Å². The quantitative estimate of drug-likeness (QED) is 0.278. The Bertz CT molecular complexity index is 1350. The van der Waals surface area contributed by atoms with E-state index in [0.717, 1.165) is 38.7 Å². The molecule has 0 aliphatic carbocycles. The molecule has 2 N–H and O–H groups in total. The molecule has 1 aliphatic heterocycles.